The molecule has 2 unspecified atom stereocenters. The van der Waals surface area contributed by atoms with Gasteiger partial charge in [0.15, 0.2) is 0 Å². The molecule has 34 heavy (non-hydrogen) atoms. The van der Waals surface area contributed by atoms with Gasteiger partial charge in [-0.25, -0.2) is 18.4 Å². The van der Waals surface area contributed by atoms with E-state index in [0.717, 1.165) is 32.1 Å². The number of carbonyl (C=O) groups excluding carboxylic acids is 3. The molecule has 0 bridgehead atoms. The molecule has 1 aromatic rings. The summed E-state index contributed by atoms with van der Waals surface area (Å²) in [5.74, 6) is -5.95. The van der Waals surface area contributed by atoms with E-state index in [9.17, 15) is 28.2 Å². The number of para-hydroxylation sites is 1. The summed E-state index contributed by atoms with van der Waals surface area (Å²) in [6, 6.07) is 4.54. The lowest BCUT2D eigenvalue weighted by Crippen LogP contribution is -2.53. The second-order valence-electron chi connectivity index (χ2n) is 8.65. The zero-order valence-electron chi connectivity index (χ0n) is 19.1. The average molecular weight is 483 g/mol. The number of esters is 1. The van der Waals surface area contributed by atoms with Crippen LogP contribution in [0.25, 0.3) is 0 Å². The first-order valence-corrected chi connectivity index (χ1v) is 11.2. The Morgan fingerprint density at radius 3 is 2.62 bits per heavy atom. The predicted molar refractivity (Wildman–Crippen MR) is 115 cm³/mol. The van der Waals surface area contributed by atoms with E-state index in [1.54, 1.807) is 12.1 Å². The van der Waals surface area contributed by atoms with Gasteiger partial charge in [-0.15, -0.1) is 0 Å². The maximum absolute atomic E-state index is 13.1. The van der Waals surface area contributed by atoms with Crippen LogP contribution in [0.1, 0.15) is 68.3 Å². The molecular formula is C22H28BF2NO8. The molecule has 2 N–H and O–H groups in total. The Kier molecular flexibility index (Phi) is 8.35. The van der Waals surface area contributed by atoms with Crippen LogP contribution in [0.4, 0.5) is 13.6 Å². The van der Waals surface area contributed by atoms with Gasteiger partial charge in [-0.3, -0.25) is 4.79 Å². The molecule has 0 saturated heterocycles. The predicted octanol–water partition coefficient (Wildman–Crippen LogP) is 3.16. The minimum atomic E-state index is -3.19. The fourth-order valence-electron chi connectivity index (χ4n) is 3.97. The van der Waals surface area contributed by atoms with Crippen molar-refractivity contribution < 1.29 is 47.1 Å². The summed E-state index contributed by atoms with van der Waals surface area (Å²) in [5.41, 5.74) is 0.427. The molecule has 1 heterocycles. The monoisotopic (exact) mass is 483 g/mol. The molecule has 1 amide bonds. The topological polar surface area (TPSA) is 120 Å². The number of carbonyl (C=O) groups is 3. The van der Waals surface area contributed by atoms with E-state index in [0.29, 0.717) is 12.5 Å². The molecule has 1 saturated carbocycles. The molecule has 12 heteroatoms. The van der Waals surface area contributed by atoms with E-state index < -0.39 is 49.7 Å². The fraction of sp³-hybridized carbons (Fsp3) is 0.591. The van der Waals surface area contributed by atoms with Crippen molar-refractivity contribution in [2.24, 2.45) is 0 Å². The second-order valence-corrected chi connectivity index (χ2v) is 8.65. The van der Waals surface area contributed by atoms with Gasteiger partial charge in [0.2, 0.25) is 12.2 Å². The summed E-state index contributed by atoms with van der Waals surface area (Å²) in [7, 11) is -1.57. The quantitative estimate of drug-likeness (QED) is 0.345. The van der Waals surface area contributed by atoms with Gasteiger partial charge in [0.05, 0.1) is 12.4 Å². The van der Waals surface area contributed by atoms with Gasteiger partial charge in [0.25, 0.3) is 5.92 Å². The van der Waals surface area contributed by atoms with Crippen LogP contribution in [0.3, 0.4) is 0 Å². The van der Waals surface area contributed by atoms with Crippen LogP contribution >= 0.6 is 0 Å². The Balaban J connectivity index is 1.58. The van der Waals surface area contributed by atoms with Crippen molar-refractivity contribution in [2.75, 3.05) is 0 Å². The van der Waals surface area contributed by atoms with Crippen LogP contribution in [0, 0.1) is 0 Å². The largest absolute Gasteiger partial charge is 0.547 e. The van der Waals surface area contributed by atoms with Gasteiger partial charge in [-0.05, 0) is 50.7 Å². The first kappa shape index (κ1) is 25.7. The van der Waals surface area contributed by atoms with Gasteiger partial charge >= 0.3 is 19.2 Å². The number of hydrogen-bond donors (Lipinski definition) is 2. The minimum absolute atomic E-state index is 0.0301. The Bertz CT molecular complexity index is 903. The van der Waals surface area contributed by atoms with Crippen LogP contribution in [-0.4, -0.2) is 54.4 Å². The number of amides is 1. The molecule has 2 aliphatic rings. The van der Waals surface area contributed by atoms with Gasteiger partial charge in [0.1, 0.15) is 17.4 Å². The highest BCUT2D eigenvalue weighted by Crippen LogP contribution is 2.31. The zero-order chi connectivity index (χ0) is 24.9. The molecule has 0 radical (unpaired) electrons. The summed E-state index contributed by atoms with van der Waals surface area (Å²) < 4.78 is 46.9. The van der Waals surface area contributed by atoms with Crippen LogP contribution < -0.4 is 9.97 Å². The number of fused-ring (bicyclic) bond motifs is 1. The van der Waals surface area contributed by atoms with E-state index >= 15 is 0 Å². The SMILES string of the molecule is CC(OC(=O)OC1CCCCC1)OC(=O)c1cccc2c1OB(O)C(NC(=O)CC(C)(F)F)C2. The van der Waals surface area contributed by atoms with Crippen molar-refractivity contribution in [1.29, 1.82) is 0 Å². The molecule has 1 aromatic carbocycles. The lowest BCUT2D eigenvalue weighted by molar-refractivity contribution is -0.127. The number of nitrogens with one attached hydrogen (secondary N) is 1. The molecule has 3 rings (SSSR count). The van der Waals surface area contributed by atoms with E-state index in [1.165, 1.54) is 13.0 Å². The summed E-state index contributed by atoms with van der Waals surface area (Å²) in [5, 5.41) is 12.6. The fourth-order valence-corrected chi connectivity index (χ4v) is 3.97. The molecular weight excluding hydrogens is 455 g/mol. The Labute approximate surface area is 196 Å². The lowest BCUT2D eigenvalue weighted by atomic mass is 9.72. The van der Waals surface area contributed by atoms with Crippen molar-refractivity contribution in [3.8, 4) is 5.75 Å². The molecule has 1 aliphatic heterocycles. The van der Waals surface area contributed by atoms with E-state index in [2.05, 4.69) is 5.32 Å². The number of alkyl halides is 2. The third-order valence-electron chi connectivity index (χ3n) is 5.51. The summed E-state index contributed by atoms with van der Waals surface area (Å²) in [4.78, 5) is 36.4. The van der Waals surface area contributed by atoms with Crippen molar-refractivity contribution in [1.82, 2.24) is 5.32 Å². The number of hydrogen-bond acceptors (Lipinski definition) is 8. The first-order valence-electron chi connectivity index (χ1n) is 11.2. The highest BCUT2D eigenvalue weighted by Gasteiger charge is 2.39. The van der Waals surface area contributed by atoms with Crippen LogP contribution in [0.5, 0.6) is 5.75 Å². The number of ether oxygens (including phenoxy) is 3. The molecule has 186 valence electrons. The van der Waals surface area contributed by atoms with E-state index in [4.69, 9.17) is 18.9 Å². The van der Waals surface area contributed by atoms with Crippen LogP contribution in [0.15, 0.2) is 18.2 Å². The van der Waals surface area contributed by atoms with Crippen molar-refractivity contribution in [3.63, 3.8) is 0 Å². The van der Waals surface area contributed by atoms with E-state index in [1.807, 2.05) is 0 Å². The first-order chi connectivity index (χ1) is 16.0. The van der Waals surface area contributed by atoms with Gasteiger partial charge < -0.3 is 29.2 Å². The Hall–Kier alpha value is -2.89. The molecule has 0 aromatic heterocycles. The third-order valence-corrected chi connectivity index (χ3v) is 5.51. The molecule has 1 fully saturated rings. The van der Waals surface area contributed by atoms with Gasteiger partial charge in [-0.2, -0.15) is 0 Å². The van der Waals surface area contributed by atoms with Crippen molar-refractivity contribution in [2.45, 2.75) is 83.1 Å². The minimum Gasteiger partial charge on any atom is -0.534 e. The highest BCUT2D eigenvalue weighted by molar-refractivity contribution is 6.47. The summed E-state index contributed by atoms with van der Waals surface area (Å²) in [6.45, 7) is 1.98. The molecule has 2 atom stereocenters. The number of rotatable bonds is 7. The molecule has 0 spiro atoms. The zero-order valence-corrected chi connectivity index (χ0v) is 19.1. The normalized spacial score (nSPS) is 19.3. The standard InChI is InChI=1S/C22H28BF2NO8/c1-13(32-21(29)33-15-8-4-3-5-9-15)31-20(28)16-10-6-7-14-11-17(23(30)34-19(14)16)26-18(27)12-22(2,24)25/h6-7,10,13,15,17,30H,3-5,8-9,11-12H2,1-2H3,(H,26,27). The van der Waals surface area contributed by atoms with Crippen LogP contribution in [-0.2, 0) is 25.4 Å². The van der Waals surface area contributed by atoms with Gasteiger partial charge in [0, 0.05) is 6.92 Å². The maximum atomic E-state index is 13.1. The number of benzene rings is 1. The van der Waals surface area contributed by atoms with Crippen molar-refractivity contribution >= 4 is 25.2 Å². The molecule has 1 aliphatic carbocycles. The molecule has 9 nitrogen and oxygen atoms in total. The van der Waals surface area contributed by atoms with Crippen molar-refractivity contribution in [3.05, 3.63) is 29.3 Å². The second kappa shape index (κ2) is 11.0. The average Bonchev–Trinajstić information content (AvgIpc) is 2.73. The van der Waals surface area contributed by atoms with Gasteiger partial charge in [-0.1, -0.05) is 18.6 Å². The number of halogens is 2. The Morgan fingerprint density at radius 2 is 1.94 bits per heavy atom. The highest BCUT2D eigenvalue weighted by atomic mass is 19.3. The van der Waals surface area contributed by atoms with E-state index in [-0.39, 0.29) is 23.8 Å². The maximum Gasteiger partial charge on any atom is 0.547 e. The smallest absolute Gasteiger partial charge is 0.534 e. The summed E-state index contributed by atoms with van der Waals surface area (Å²) >= 11 is 0. The summed E-state index contributed by atoms with van der Waals surface area (Å²) in [6.07, 6.45) is 1.21. The van der Waals surface area contributed by atoms with Crippen LogP contribution in [0.2, 0.25) is 0 Å². The third kappa shape index (κ3) is 7.31. The Morgan fingerprint density at radius 1 is 1.24 bits per heavy atom. The lowest BCUT2D eigenvalue weighted by Gasteiger charge is -2.29.